The van der Waals surface area contributed by atoms with Gasteiger partial charge in [-0.05, 0) is 38.8 Å². The smallest absolute Gasteiger partial charge is 0.343 e. The van der Waals surface area contributed by atoms with Crippen molar-refractivity contribution in [3.8, 4) is 5.75 Å². The molecule has 2 aromatic rings. The summed E-state index contributed by atoms with van der Waals surface area (Å²) in [5, 5.41) is 0. The molecule has 1 aliphatic rings. The summed E-state index contributed by atoms with van der Waals surface area (Å²) < 4.78 is 37.8. The van der Waals surface area contributed by atoms with Gasteiger partial charge in [0.05, 0.1) is 17.5 Å². The Balaban J connectivity index is 2.01. The van der Waals surface area contributed by atoms with Gasteiger partial charge in [0.15, 0.2) is 5.75 Å². The number of methoxy groups -OCH3 is 1. The lowest BCUT2D eigenvalue weighted by Crippen LogP contribution is -2.36. The first-order chi connectivity index (χ1) is 12.8. The topological polar surface area (TPSA) is 74.6 Å². The van der Waals surface area contributed by atoms with E-state index in [-0.39, 0.29) is 11.3 Å². The number of carbonyl (C=O) groups excluding carboxylic acids is 1. The molecule has 2 atom stereocenters. The molecule has 1 aliphatic carbocycles. The van der Waals surface area contributed by atoms with E-state index in [1.165, 1.54) is 24.8 Å². The summed E-state index contributed by atoms with van der Waals surface area (Å²) in [5.74, 6) is -0.925. The number of benzene rings is 1. The Kier molecular flexibility index (Phi) is 5.19. The highest BCUT2D eigenvalue weighted by atomic mass is 32.2. The molecule has 1 saturated carbocycles. The molecule has 27 heavy (non-hydrogen) atoms. The molecule has 0 amide bonds. The Morgan fingerprint density at radius 3 is 2.44 bits per heavy atom. The number of ether oxygens (including phenoxy) is 1. The van der Waals surface area contributed by atoms with Crippen molar-refractivity contribution in [2.45, 2.75) is 43.3 Å². The summed E-state index contributed by atoms with van der Waals surface area (Å²) in [5.41, 5.74) is -0.567. The maximum atomic E-state index is 14.0. The van der Waals surface area contributed by atoms with Gasteiger partial charge in [-0.15, -0.1) is 0 Å². The van der Waals surface area contributed by atoms with E-state index in [2.05, 4.69) is 0 Å². The zero-order valence-electron chi connectivity index (χ0n) is 15.2. The summed E-state index contributed by atoms with van der Waals surface area (Å²) in [6, 6.07) is 7.87. The highest BCUT2D eigenvalue weighted by Gasteiger charge is 2.50. The number of hydrogen-bond acceptors (Lipinski definition) is 5. The number of nitrogens with zero attached hydrogens (tertiary/aromatic N) is 1. The quantitative estimate of drug-likeness (QED) is 0.706. The predicted octanol–water partition coefficient (Wildman–Crippen LogP) is 2.89. The van der Waals surface area contributed by atoms with Crippen molar-refractivity contribution in [2.75, 3.05) is 7.11 Å². The Hall–Kier alpha value is -2.48. The monoisotopic (exact) mass is 393 g/mol. The third-order valence-corrected chi connectivity index (χ3v) is 5.77. The van der Waals surface area contributed by atoms with E-state index in [1.807, 2.05) is 6.92 Å². The molecule has 8 heteroatoms. The lowest BCUT2D eigenvalue weighted by atomic mass is 10.1. The van der Waals surface area contributed by atoms with E-state index in [0.717, 1.165) is 11.6 Å². The fraction of sp³-hybridized carbons (Fsp3) is 0.368. The van der Waals surface area contributed by atoms with Gasteiger partial charge in [-0.2, -0.15) is 0 Å². The van der Waals surface area contributed by atoms with Crippen LogP contribution in [-0.2, 0) is 21.4 Å². The molecular formula is C19H20FNO5S. The van der Waals surface area contributed by atoms with E-state index >= 15 is 0 Å². The Morgan fingerprint density at radius 1 is 1.30 bits per heavy atom. The first-order valence-electron chi connectivity index (χ1n) is 8.45. The molecule has 1 aromatic carbocycles. The van der Waals surface area contributed by atoms with Gasteiger partial charge in [-0.25, -0.2) is 13.4 Å². The van der Waals surface area contributed by atoms with Gasteiger partial charge in [0, 0.05) is 12.3 Å². The minimum Gasteiger partial charge on any atom is -0.465 e. The summed E-state index contributed by atoms with van der Waals surface area (Å²) in [6.07, 6.45) is 0.981. The molecule has 1 heterocycles. The number of aromatic nitrogens is 1. The summed E-state index contributed by atoms with van der Waals surface area (Å²) >= 11 is -1.93. The maximum Gasteiger partial charge on any atom is 0.343 e. The van der Waals surface area contributed by atoms with E-state index in [9.17, 15) is 18.2 Å². The second kappa shape index (κ2) is 7.26. The predicted molar refractivity (Wildman–Crippen MR) is 98.0 cm³/mol. The molecule has 0 spiro atoms. The molecule has 1 aromatic heterocycles. The lowest BCUT2D eigenvalue weighted by molar-refractivity contribution is 0.0596. The van der Waals surface area contributed by atoms with Gasteiger partial charge >= 0.3 is 5.97 Å². The van der Waals surface area contributed by atoms with Crippen LogP contribution in [0.15, 0.2) is 46.2 Å². The third-order valence-electron chi connectivity index (χ3n) is 4.78. The van der Waals surface area contributed by atoms with Crippen LogP contribution in [0.3, 0.4) is 0 Å². The van der Waals surface area contributed by atoms with Crippen LogP contribution in [0.2, 0.25) is 0 Å². The van der Waals surface area contributed by atoms with Crippen molar-refractivity contribution in [1.82, 2.24) is 4.57 Å². The number of hydrogen-bond donors (Lipinski definition) is 0. The number of pyridine rings is 1. The Bertz CT molecular complexity index is 948. The molecule has 2 unspecified atom stereocenters. The first kappa shape index (κ1) is 19.3. The van der Waals surface area contributed by atoms with Crippen molar-refractivity contribution in [2.24, 2.45) is 0 Å². The number of alkyl halides is 1. The molecule has 0 saturated heterocycles. The number of aryl methyl sites for hydroxylation is 1. The zero-order chi connectivity index (χ0) is 19.8. The fourth-order valence-corrected chi connectivity index (χ4v) is 3.69. The number of rotatable bonds is 6. The van der Waals surface area contributed by atoms with Crippen LogP contribution in [-0.4, -0.2) is 28.0 Å². The summed E-state index contributed by atoms with van der Waals surface area (Å²) in [7, 11) is 1.18. The second-order valence-corrected chi connectivity index (χ2v) is 7.71. The normalized spacial score (nSPS) is 17.0. The van der Waals surface area contributed by atoms with Gasteiger partial charge in [0.1, 0.15) is 11.7 Å². The SMILES string of the molecule is COC(=O)c1cn(C2(C(C)F)CC2)c(=O)cc1OS(=O)c1ccc(C)cc1. The van der Waals surface area contributed by atoms with Crippen molar-refractivity contribution < 1.29 is 22.3 Å². The van der Waals surface area contributed by atoms with Gasteiger partial charge < -0.3 is 13.5 Å². The van der Waals surface area contributed by atoms with Crippen molar-refractivity contribution in [1.29, 1.82) is 0 Å². The molecule has 144 valence electrons. The van der Waals surface area contributed by atoms with Crippen LogP contribution in [0.1, 0.15) is 35.7 Å². The average Bonchev–Trinajstić information content (AvgIpc) is 3.43. The van der Waals surface area contributed by atoms with Gasteiger partial charge in [0.2, 0.25) is 11.1 Å². The maximum absolute atomic E-state index is 14.0. The molecular weight excluding hydrogens is 373 g/mol. The van der Waals surface area contributed by atoms with Crippen molar-refractivity contribution in [3.05, 3.63) is 58.0 Å². The van der Waals surface area contributed by atoms with Crippen LogP contribution in [0.25, 0.3) is 0 Å². The summed E-state index contributed by atoms with van der Waals surface area (Å²) in [6.45, 7) is 3.27. The Morgan fingerprint density at radius 2 is 1.93 bits per heavy atom. The van der Waals surface area contributed by atoms with Crippen LogP contribution in [0.5, 0.6) is 5.75 Å². The lowest BCUT2D eigenvalue weighted by Gasteiger charge is -2.21. The van der Waals surface area contributed by atoms with Crippen LogP contribution >= 0.6 is 0 Å². The summed E-state index contributed by atoms with van der Waals surface area (Å²) in [4.78, 5) is 25.1. The molecule has 6 nitrogen and oxygen atoms in total. The molecule has 0 bridgehead atoms. The van der Waals surface area contributed by atoms with Crippen molar-refractivity contribution >= 4 is 17.0 Å². The standard InChI is InChI=1S/C19H20FNO5S/c1-12-4-6-14(7-5-12)27(24)26-16-10-17(22)21(11-15(16)18(23)25-3)19(8-9-19)13(2)20/h4-7,10-11,13H,8-9H2,1-3H3. The first-order valence-corrected chi connectivity index (χ1v) is 9.52. The number of carbonyl (C=O) groups is 1. The minimum atomic E-state index is -1.93. The third kappa shape index (κ3) is 3.66. The minimum absolute atomic E-state index is 0.0792. The largest absolute Gasteiger partial charge is 0.465 e. The highest BCUT2D eigenvalue weighted by Crippen LogP contribution is 2.47. The molecule has 0 radical (unpaired) electrons. The molecule has 0 N–H and O–H groups in total. The molecule has 3 rings (SSSR count). The van der Waals surface area contributed by atoms with Gasteiger partial charge in [-0.1, -0.05) is 17.7 Å². The number of esters is 1. The van der Waals surface area contributed by atoms with E-state index < -0.39 is 34.3 Å². The van der Waals surface area contributed by atoms with E-state index in [0.29, 0.717) is 17.7 Å². The van der Waals surface area contributed by atoms with Crippen LogP contribution in [0.4, 0.5) is 4.39 Å². The van der Waals surface area contributed by atoms with E-state index in [4.69, 9.17) is 8.92 Å². The highest BCUT2D eigenvalue weighted by molar-refractivity contribution is 7.80. The Labute approximate surface area is 158 Å². The fourth-order valence-electron chi connectivity index (χ4n) is 2.93. The van der Waals surface area contributed by atoms with Crippen LogP contribution in [0, 0.1) is 6.92 Å². The molecule has 1 fully saturated rings. The van der Waals surface area contributed by atoms with Gasteiger partial charge in [-0.3, -0.25) is 4.79 Å². The zero-order valence-corrected chi connectivity index (χ0v) is 16.0. The average molecular weight is 393 g/mol. The second-order valence-electron chi connectivity index (χ2n) is 6.60. The van der Waals surface area contributed by atoms with Gasteiger partial charge in [0.25, 0.3) is 5.56 Å². The van der Waals surface area contributed by atoms with E-state index in [1.54, 1.807) is 24.3 Å². The number of halogens is 1. The van der Waals surface area contributed by atoms with Crippen LogP contribution < -0.4 is 9.74 Å². The molecule has 0 aliphatic heterocycles. The van der Waals surface area contributed by atoms with Crippen molar-refractivity contribution in [3.63, 3.8) is 0 Å².